The van der Waals surface area contributed by atoms with Crippen LogP contribution in [-0.4, -0.2) is 28.5 Å². The number of hydrogen-bond acceptors (Lipinski definition) is 4. The van der Waals surface area contributed by atoms with Crippen LogP contribution in [0.15, 0.2) is 5.38 Å². The van der Waals surface area contributed by atoms with Crippen molar-refractivity contribution in [2.24, 2.45) is 11.3 Å². The summed E-state index contributed by atoms with van der Waals surface area (Å²) in [5, 5.41) is 13.4. The number of amides is 1. The molecular formula is C15H22N2O3S. The highest BCUT2D eigenvalue weighted by atomic mass is 32.1. The summed E-state index contributed by atoms with van der Waals surface area (Å²) in [4.78, 5) is 26.7. The van der Waals surface area contributed by atoms with Gasteiger partial charge in [0, 0.05) is 11.9 Å². The lowest BCUT2D eigenvalue weighted by atomic mass is 9.78. The molecule has 0 unspecified atom stereocenters. The van der Waals surface area contributed by atoms with Gasteiger partial charge in [-0.1, -0.05) is 26.7 Å². The van der Waals surface area contributed by atoms with E-state index in [1.54, 1.807) is 0 Å². The monoisotopic (exact) mass is 310 g/mol. The number of carboxylic acid groups (broad SMARTS) is 1. The maximum Gasteiger partial charge on any atom is 0.355 e. The van der Waals surface area contributed by atoms with Gasteiger partial charge >= 0.3 is 5.97 Å². The van der Waals surface area contributed by atoms with E-state index in [2.05, 4.69) is 24.1 Å². The molecule has 1 aromatic rings. The Hall–Kier alpha value is -1.43. The largest absolute Gasteiger partial charge is 0.476 e. The number of hydrogen-bond donors (Lipinski definition) is 2. The molecule has 6 heteroatoms. The van der Waals surface area contributed by atoms with E-state index in [9.17, 15) is 9.59 Å². The fraction of sp³-hybridized carbons (Fsp3) is 0.667. The molecule has 2 N–H and O–H groups in total. The predicted molar refractivity (Wildman–Crippen MR) is 81.8 cm³/mol. The van der Waals surface area contributed by atoms with Crippen molar-refractivity contribution in [3.05, 3.63) is 16.1 Å². The van der Waals surface area contributed by atoms with Gasteiger partial charge in [0.15, 0.2) is 10.7 Å². The highest BCUT2D eigenvalue weighted by Gasteiger charge is 2.34. The van der Waals surface area contributed by atoms with Crippen LogP contribution in [-0.2, 0) is 0 Å². The Balaban J connectivity index is 1.96. The van der Waals surface area contributed by atoms with Gasteiger partial charge < -0.3 is 10.4 Å². The second-order valence-corrected chi connectivity index (χ2v) is 7.19. The molecule has 0 aliphatic heterocycles. The summed E-state index contributed by atoms with van der Waals surface area (Å²) in [6.07, 6.45) is 5.88. The van der Waals surface area contributed by atoms with Gasteiger partial charge in [-0.25, -0.2) is 9.78 Å². The number of rotatable bonds is 6. The molecule has 0 atom stereocenters. The van der Waals surface area contributed by atoms with Crippen LogP contribution in [0.4, 0.5) is 0 Å². The predicted octanol–water partition coefficient (Wildman–Crippen LogP) is 3.18. The first-order valence-corrected chi connectivity index (χ1v) is 8.27. The number of nitrogens with zero attached hydrogens (tertiary/aromatic N) is 1. The minimum absolute atomic E-state index is 0.0667. The third kappa shape index (κ3) is 4.03. The lowest BCUT2D eigenvalue weighted by Crippen LogP contribution is -2.36. The Kier molecular flexibility index (Phi) is 4.98. The third-order valence-corrected chi connectivity index (χ3v) is 4.89. The molecule has 0 bridgehead atoms. The molecule has 1 aliphatic rings. The quantitative estimate of drug-likeness (QED) is 0.845. The summed E-state index contributed by atoms with van der Waals surface area (Å²) >= 11 is 1.08. The molecule has 2 rings (SSSR count). The minimum atomic E-state index is -1.10. The molecule has 1 amide bonds. The van der Waals surface area contributed by atoms with Crippen LogP contribution in [0.5, 0.6) is 0 Å². The summed E-state index contributed by atoms with van der Waals surface area (Å²) < 4.78 is 0. The van der Waals surface area contributed by atoms with Gasteiger partial charge in [-0.2, -0.15) is 0 Å². The van der Waals surface area contributed by atoms with Gasteiger partial charge in [0.1, 0.15) is 0 Å². The zero-order valence-corrected chi connectivity index (χ0v) is 13.3. The Bertz CT molecular complexity index is 519. The van der Waals surface area contributed by atoms with E-state index in [0.717, 1.165) is 30.6 Å². The van der Waals surface area contributed by atoms with Gasteiger partial charge in [-0.3, -0.25) is 4.79 Å². The molecular weight excluding hydrogens is 288 g/mol. The van der Waals surface area contributed by atoms with Crippen molar-refractivity contribution in [1.29, 1.82) is 0 Å². The molecule has 1 saturated carbocycles. The molecule has 1 fully saturated rings. The van der Waals surface area contributed by atoms with Gasteiger partial charge in [-0.05, 0) is 30.6 Å². The number of aromatic carboxylic acids is 1. The molecule has 116 valence electrons. The van der Waals surface area contributed by atoms with Crippen molar-refractivity contribution in [3.8, 4) is 0 Å². The summed E-state index contributed by atoms with van der Waals surface area (Å²) in [6.45, 7) is 5.08. The van der Waals surface area contributed by atoms with Gasteiger partial charge in [0.2, 0.25) is 0 Å². The summed E-state index contributed by atoms with van der Waals surface area (Å²) in [5.41, 5.74) is 0.138. The number of carbonyl (C=O) groups is 2. The van der Waals surface area contributed by atoms with E-state index in [4.69, 9.17) is 5.11 Å². The lowest BCUT2D eigenvalue weighted by Gasteiger charge is -2.31. The first kappa shape index (κ1) is 15.9. The number of nitrogens with one attached hydrogen (secondary N) is 1. The molecule has 0 radical (unpaired) electrons. The topological polar surface area (TPSA) is 79.3 Å². The molecule has 5 nitrogen and oxygen atoms in total. The second kappa shape index (κ2) is 6.56. The van der Waals surface area contributed by atoms with Crippen LogP contribution < -0.4 is 5.32 Å². The van der Waals surface area contributed by atoms with E-state index < -0.39 is 5.97 Å². The van der Waals surface area contributed by atoms with Gasteiger partial charge in [-0.15, -0.1) is 11.3 Å². The average molecular weight is 310 g/mol. The SMILES string of the molecule is CC(C)CC1(CNC(=O)c2nc(C(=O)O)cs2)CCCC1. The zero-order valence-electron chi connectivity index (χ0n) is 12.5. The van der Waals surface area contributed by atoms with Crippen molar-refractivity contribution < 1.29 is 14.7 Å². The van der Waals surface area contributed by atoms with Crippen LogP contribution in [0.2, 0.25) is 0 Å². The van der Waals surface area contributed by atoms with E-state index in [-0.39, 0.29) is 22.0 Å². The Labute approximate surface area is 128 Å². The van der Waals surface area contributed by atoms with Crippen LogP contribution in [0.1, 0.15) is 66.2 Å². The van der Waals surface area contributed by atoms with E-state index in [0.29, 0.717) is 12.5 Å². The summed E-state index contributed by atoms with van der Waals surface area (Å²) in [5.74, 6) is -0.752. The number of aromatic nitrogens is 1. The third-order valence-electron chi connectivity index (χ3n) is 4.05. The smallest absolute Gasteiger partial charge is 0.355 e. The fourth-order valence-electron chi connectivity index (χ4n) is 3.26. The van der Waals surface area contributed by atoms with E-state index in [1.807, 2.05) is 0 Å². The molecule has 0 saturated heterocycles. The van der Waals surface area contributed by atoms with Crippen LogP contribution in [0.3, 0.4) is 0 Å². The van der Waals surface area contributed by atoms with Crippen molar-refractivity contribution in [2.75, 3.05) is 6.54 Å². The lowest BCUT2D eigenvalue weighted by molar-refractivity contribution is 0.0691. The Morgan fingerprint density at radius 3 is 2.62 bits per heavy atom. The second-order valence-electron chi connectivity index (χ2n) is 6.33. The summed E-state index contributed by atoms with van der Waals surface area (Å²) in [6, 6.07) is 0. The van der Waals surface area contributed by atoms with Crippen LogP contribution >= 0.6 is 11.3 Å². The number of thiazole rings is 1. The first-order chi connectivity index (χ1) is 9.92. The van der Waals surface area contributed by atoms with Crippen molar-refractivity contribution in [1.82, 2.24) is 10.3 Å². The fourth-order valence-corrected chi connectivity index (χ4v) is 3.97. The van der Waals surface area contributed by atoms with Crippen LogP contribution in [0.25, 0.3) is 0 Å². The molecule has 0 aromatic carbocycles. The zero-order chi connectivity index (χ0) is 15.5. The normalized spacial score (nSPS) is 17.1. The molecule has 0 spiro atoms. The Morgan fingerprint density at radius 2 is 2.10 bits per heavy atom. The standard InChI is InChI=1S/C15H22N2O3S/c1-10(2)7-15(5-3-4-6-15)9-16-12(18)13-17-11(8-21-13)14(19)20/h8,10H,3-7,9H2,1-2H3,(H,16,18)(H,19,20). The van der Waals surface area contributed by atoms with Gasteiger partial charge in [0.25, 0.3) is 5.91 Å². The first-order valence-electron chi connectivity index (χ1n) is 7.39. The van der Waals surface area contributed by atoms with E-state index in [1.165, 1.54) is 18.2 Å². The molecule has 1 aromatic heterocycles. The van der Waals surface area contributed by atoms with Crippen molar-refractivity contribution in [2.45, 2.75) is 46.0 Å². The molecule has 1 heterocycles. The number of carboxylic acids is 1. The van der Waals surface area contributed by atoms with Crippen molar-refractivity contribution >= 4 is 23.2 Å². The van der Waals surface area contributed by atoms with Crippen LogP contribution in [0, 0.1) is 11.3 Å². The highest BCUT2D eigenvalue weighted by Crippen LogP contribution is 2.42. The molecule has 1 aliphatic carbocycles. The Morgan fingerprint density at radius 1 is 1.43 bits per heavy atom. The maximum atomic E-state index is 12.1. The van der Waals surface area contributed by atoms with E-state index >= 15 is 0 Å². The molecule has 21 heavy (non-hydrogen) atoms. The highest BCUT2D eigenvalue weighted by molar-refractivity contribution is 7.11. The average Bonchev–Trinajstić information content (AvgIpc) is 3.04. The summed E-state index contributed by atoms with van der Waals surface area (Å²) in [7, 11) is 0. The maximum absolute atomic E-state index is 12.1. The minimum Gasteiger partial charge on any atom is -0.476 e. The van der Waals surface area contributed by atoms with Crippen molar-refractivity contribution in [3.63, 3.8) is 0 Å². The number of carbonyl (C=O) groups excluding carboxylic acids is 1. The van der Waals surface area contributed by atoms with Gasteiger partial charge in [0.05, 0.1) is 0 Å².